The topological polar surface area (TPSA) is 72.9 Å². The van der Waals surface area contributed by atoms with Crippen LogP contribution in [0.5, 0.6) is 0 Å². The lowest BCUT2D eigenvalue weighted by Gasteiger charge is -2.21. The van der Waals surface area contributed by atoms with Crippen molar-refractivity contribution in [3.8, 4) is 0 Å². The van der Waals surface area contributed by atoms with E-state index in [0.29, 0.717) is 6.54 Å². The molecule has 0 atom stereocenters. The molecule has 0 aliphatic carbocycles. The van der Waals surface area contributed by atoms with Crippen LogP contribution in [-0.4, -0.2) is 20.7 Å². The van der Waals surface area contributed by atoms with Crippen molar-refractivity contribution in [1.82, 2.24) is 15.1 Å². The average molecular weight is 240 g/mol. The number of thiocarbonyl (C=S) groups is 1. The van der Waals surface area contributed by atoms with E-state index in [9.17, 15) is 4.79 Å². The third kappa shape index (κ3) is 2.79. The van der Waals surface area contributed by atoms with E-state index in [1.807, 2.05) is 19.3 Å². The Bertz CT molecular complexity index is 411. The molecule has 1 amide bonds. The van der Waals surface area contributed by atoms with Gasteiger partial charge in [-0.1, -0.05) is 12.2 Å². The van der Waals surface area contributed by atoms with Gasteiger partial charge < -0.3 is 11.1 Å². The van der Waals surface area contributed by atoms with Crippen molar-refractivity contribution in [3.63, 3.8) is 0 Å². The summed E-state index contributed by atoms with van der Waals surface area (Å²) in [4.78, 5) is 12.0. The summed E-state index contributed by atoms with van der Waals surface area (Å²) in [6, 6.07) is 1.84. The average Bonchev–Trinajstić information content (AvgIpc) is 2.60. The van der Waals surface area contributed by atoms with E-state index < -0.39 is 5.41 Å². The van der Waals surface area contributed by atoms with E-state index in [2.05, 4.69) is 10.4 Å². The third-order valence-corrected chi connectivity index (χ3v) is 2.89. The SMILES string of the molecule is Cn1ccc(CNC(=O)C(C)(C)C(N)=S)n1. The second-order valence-electron chi connectivity index (χ2n) is 4.15. The van der Waals surface area contributed by atoms with Crippen LogP contribution in [-0.2, 0) is 18.4 Å². The molecule has 6 heteroatoms. The molecule has 0 aliphatic heterocycles. The van der Waals surface area contributed by atoms with Gasteiger partial charge in [0.15, 0.2) is 0 Å². The first-order valence-corrected chi connectivity index (χ1v) is 5.31. The number of amides is 1. The zero-order chi connectivity index (χ0) is 12.3. The Morgan fingerprint density at radius 3 is 2.75 bits per heavy atom. The molecule has 5 nitrogen and oxygen atoms in total. The molecule has 0 aliphatic rings. The summed E-state index contributed by atoms with van der Waals surface area (Å²) in [6.07, 6.45) is 1.82. The van der Waals surface area contributed by atoms with Gasteiger partial charge in [0.2, 0.25) is 5.91 Å². The van der Waals surface area contributed by atoms with Gasteiger partial charge in [0.25, 0.3) is 0 Å². The normalized spacial score (nSPS) is 11.2. The number of aromatic nitrogens is 2. The Hall–Kier alpha value is -1.43. The summed E-state index contributed by atoms with van der Waals surface area (Å²) in [5, 5.41) is 6.90. The first kappa shape index (κ1) is 12.6. The number of rotatable bonds is 4. The lowest BCUT2D eigenvalue weighted by atomic mass is 9.92. The molecule has 0 unspecified atom stereocenters. The molecule has 0 fully saturated rings. The van der Waals surface area contributed by atoms with Gasteiger partial charge in [-0.05, 0) is 19.9 Å². The van der Waals surface area contributed by atoms with Crippen molar-refractivity contribution in [2.24, 2.45) is 18.2 Å². The van der Waals surface area contributed by atoms with Crippen LogP contribution in [0.4, 0.5) is 0 Å². The largest absolute Gasteiger partial charge is 0.392 e. The summed E-state index contributed by atoms with van der Waals surface area (Å²) < 4.78 is 1.68. The first-order chi connectivity index (χ1) is 7.34. The predicted molar refractivity (Wildman–Crippen MR) is 65.6 cm³/mol. The van der Waals surface area contributed by atoms with Crippen molar-refractivity contribution in [2.45, 2.75) is 20.4 Å². The number of nitrogens with one attached hydrogen (secondary N) is 1. The van der Waals surface area contributed by atoms with E-state index in [1.54, 1.807) is 18.5 Å². The Kier molecular flexibility index (Phi) is 3.64. The van der Waals surface area contributed by atoms with Crippen molar-refractivity contribution in [3.05, 3.63) is 18.0 Å². The highest BCUT2D eigenvalue weighted by Crippen LogP contribution is 2.15. The lowest BCUT2D eigenvalue weighted by Crippen LogP contribution is -2.44. The Morgan fingerprint density at radius 2 is 2.31 bits per heavy atom. The number of carbonyl (C=O) groups excluding carboxylic acids is 1. The fourth-order valence-corrected chi connectivity index (χ4v) is 1.15. The second kappa shape index (κ2) is 4.61. The van der Waals surface area contributed by atoms with E-state index >= 15 is 0 Å². The molecule has 0 saturated heterocycles. The Morgan fingerprint density at radius 1 is 1.69 bits per heavy atom. The molecular weight excluding hydrogens is 224 g/mol. The Labute approximate surface area is 100 Å². The van der Waals surface area contributed by atoms with Crippen LogP contribution in [0.2, 0.25) is 0 Å². The summed E-state index contributed by atoms with van der Waals surface area (Å²) >= 11 is 4.84. The molecule has 1 aromatic heterocycles. The highest BCUT2D eigenvalue weighted by atomic mass is 32.1. The van der Waals surface area contributed by atoms with Gasteiger partial charge in [-0.25, -0.2) is 0 Å². The maximum atomic E-state index is 11.8. The van der Waals surface area contributed by atoms with Crippen LogP contribution >= 0.6 is 12.2 Å². The van der Waals surface area contributed by atoms with Crippen molar-refractivity contribution >= 4 is 23.1 Å². The van der Waals surface area contributed by atoms with Crippen molar-refractivity contribution in [2.75, 3.05) is 0 Å². The van der Waals surface area contributed by atoms with Gasteiger partial charge in [0, 0.05) is 13.2 Å². The number of hydrogen-bond acceptors (Lipinski definition) is 3. The van der Waals surface area contributed by atoms with Crippen LogP contribution in [0.25, 0.3) is 0 Å². The number of aryl methyl sites for hydroxylation is 1. The van der Waals surface area contributed by atoms with E-state index in [4.69, 9.17) is 18.0 Å². The zero-order valence-electron chi connectivity index (χ0n) is 9.65. The maximum Gasteiger partial charge on any atom is 0.232 e. The van der Waals surface area contributed by atoms with Crippen LogP contribution in [0.15, 0.2) is 12.3 Å². The fourth-order valence-electron chi connectivity index (χ4n) is 1.06. The van der Waals surface area contributed by atoms with E-state index in [0.717, 1.165) is 5.69 Å². The van der Waals surface area contributed by atoms with Gasteiger partial charge in [-0.2, -0.15) is 5.10 Å². The van der Waals surface area contributed by atoms with Crippen molar-refractivity contribution < 1.29 is 4.79 Å². The quantitative estimate of drug-likeness (QED) is 0.745. The summed E-state index contributed by atoms with van der Waals surface area (Å²) in [6.45, 7) is 3.78. The highest BCUT2D eigenvalue weighted by Gasteiger charge is 2.30. The van der Waals surface area contributed by atoms with Crippen LogP contribution in [0.3, 0.4) is 0 Å². The smallest absolute Gasteiger partial charge is 0.232 e. The van der Waals surface area contributed by atoms with Crippen molar-refractivity contribution in [1.29, 1.82) is 0 Å². The number of nitrogens with zero attached hydrogens (tertiary/aromatic N) is 2. The molecule has 3 N–H and O–H groups in total. The minimum atomic E-state index is -0.829. The molecule has 0 bridgehead atoms. The Balaban J connectivity index is 2.56. The van der Waals surface area contributed by atoms with Gasteiger partial charge >= 0.3 is 0 Å². The summed E-state index contributed by atoms with van der Waals surface area (Å²) in [5.41, 5.74) is 5.47. The molecule has 88 valence electrons. The molecule has 16 heavy (non-hydrogen) atoms. The number of hydrogen-bond donors (Lipinski definition) is 2. The number of nitrogens with two attached hydrogens (primary N) is 1. The minimum Gasteiger partial charge on any atom is -0.392 e. The van der Waals surface area contributed by atoms with Gasteiger partial charge in [-0.3, -0.25) is 9.48 Å². The maximum absolute atomic E-state index is 11.8. The minimum absolute atomic E-state index is 0.186. The molecule has 0 radical (unpaired) electrons. The predicted octanol–water partition coefficient (Wildman–Crippen LogP) is 0.349. The molecular formula is C10H16N4OS. The second-order valence-corrected chi connectivity index (χ2v) is 4.59. The number of carbonyl (C=O) groups is 1. The standard InChI is InChI=1S/C10H16N4OS/c1-10(2,8(11)16)9(15)12-6-7-4-5-14(3)13-7/h4-5H,6H2,1-3H3,(H2,11,16)(H,12,15). The lowest BCUT2D eigenvalue weighted by molar-refractivity contribution is -0.126. The molecule has 1 rings (SSSR count). The summed E-state index contributed by atoms with van der Waals surface area (Å²) in [7, 11) is 1.82. The van der Waals surface area contributed by atoms with Gasteiger partial charge in [0.05, 0.1) is 22.6 Å². The fraction of sp³-hybridized carbons (Fsp3) is 0.500. The monoisotopic (exact) mass is 240 g/mol. The molecule has 1 aromatic rings. The highest BCUT2D eigenvalue weighted by molar-refractivity contribution is 7.80. The molecule has 1 heterocycles. The third-order valence-electron chi connectivity index (χ3n) is 2.38. The molecule has 0 saturated carbocycles. The van der Waals surface area contributed by atoms with Gasteiger partial charge in [-0.15, -0.1) is 0 Å². The summed E-state index contributed by atoms with van der Waals surface area (Å²) in [5.74, 6) is -0.189. The van der Waals surface area contributed by atoms with E-state index in [-0.39, 0.29) is 10.9 Å². The van der Waals surface area contributed by atoms with Crippen LogP contribution in [0.1, 0.15) is 19.5 Å². The molecule has 0 aromatic carbocycles. The zero-order valence-corrected chi connectivity index (χ0v) is 10.5. The van der Waals surface area contributed by atoms with Gasteiger partial charge in [0.1, 0.15) is 0 Å². The first-order valence-electron chi connectivity index (χ1n) is 4.91. The van der Waals surface area contributed by atoms with Crippen LogP contribution in [0, 0.1) is 5.41 Å². The van der Waals surface area contributed by atoms with Crippen LogP contribution < -0.4 is 11.1 Å². The van der Waals surface area contributed by atoms with E-state index in [1.165, 1.54) is 0 Å². The molecule has 0 spiro atoms.